The fraction of sp³-hybridized carbons (Fsp3) is 0.562. The Labute approximate surface area is 262 Å². The molecule has 2 amide bonds. The number of amides is 2. The fourth-order valence-corrected chi connectivity index (χ4v) is 5.11. The van der Waals surface area contributed by atoms with Gasteiger partial charge in [-0.25, -0.2) is 9.59 Å². The second-order valence-corrected chi connectivity index (χ2v) is 11.8. The topological polar surface area (TPSA) is 169 Å². The van der Waals surface area contributed by atoms with Crippen LogP contribution in [0.2, 0.25) is 0 Å². The highest BCUT2D eigenvalue weighted by Gasteiger charge is 2.42. The number of carbonyl (C=O) groups is 6. The number of hydrogen-bond donors (Lipinski definition) is 2. The number of nitrogens with one attached hydrogen (secondary N) is 1. The second kappa shape index (κ2) is 16.8. The van der Waals surface area contributed by atoms with Gasteiger partial charge < -0.3 is 29.5 Å². The number of likely N-dealkylation sites (tertiary alicyclic amines) is 1. The number of benzene rings is 1. The zero-order valence-corrected chi connectivity index (χ0v) is 26.0. The molecule has 2 heterocycles. The predicted octanol–water partition coefficient (Wildman–Crippen LogP) is 2.50. The zero-order chi connectivity index (χ0) is 33.0. The molecule has 2 aliphatic rings. The van der Waals surface area contributed by atoms with Gasteiger partial charge in [0.15, 0.2) is 0 Å². The summed E-state index contributed by atoms with van der Waals surface area (Å²) in [5, 5.41) is 11.6. The summed E-state index contributed by atoms with van der Waals surface area (Å²) < 4.78 is 16.5. The van der Waals surface area contributed by atoms with E-state index in [9.17, 15) is 28.8 Å². The van der Waals surface area contributed by atoms with Crippen LogP contribution in [0.1, 0.15) is 64.0 Å². The molecule has 0 bridgehead atoms. The first-order valence-electron chi connectivity index (χ1n) is 15.2. The van der Waals surface area contributed by atoms with Crippen molar-refractivity contribution in [2.45, 2.75) is 64.5 Å². The van der Waals surface area contributed by atoms with Gasteiger partial charge in [-0.1, -0.05) is 18.7 Å². The third-order valence-corrected chi connectivity index (χ3v) is 7.76. The van der Waals surface area contributed by atoms with Crippen LogP contribution in [0.25, 0.3) is 0 Å². The average Bonchev–Trinajstić information content (AvgIpc) is 3.04. The lowest BCUT2D eigenvalue weighted by Crippen LogP contribution is -2.53. The molecule has 13 nitrogen and oxygen atoms in total. The van der Waals surface area contributed by atoms with Crippen molar-refractivity contribution in [1.29, 1.82) is 0 Å². The van der Waals surface area contributed by atoms with E-state index >= 15 is 0 Å². The molecule has 246 valence electrons. The molecule has 2 N–H and O–H groups in total. The lowest BCUT2D eigenvalue weighted by Gasteiger charge is -2.36. The quantitative estimate of drug-likeness (QED) is 0.166. The summed E-state index contributed by atoms with van der Waals surface area (Å²) >= 11 is 0. The maximum atomic E-state index is 13.7. The summed E-state index contributed by atoms with van der Waals surface area (Å²) in [5.41, 5.74) is -0.283. The number of Topliss-reactive ketones (excluding diaryl/α,β-unsaturated/α-hetero) is 1. The summed E-state index contributed by atoms with van der Waals surface area (Å²) in [6, 6.07) is 5.82. The number of carboxylic acids is 1. The molecule has 3 rings (SSSR count). The van der Waals surface area contributed by atoms with E-state index in [4.69, 9.17) is 19.3 Å². The maximum Gasteiger partial charge on any atom is 0.330 e. The van der Waals surface area contributed by atoms with Crippen molar-refractivity contribution in [3.05, 3.63) is 42.5 Å². The molecule has 0 aromatic heterocycles. The summed E-state index contributed by atoms with van der Waals surface area (Å²) in [5.74, 6) is -4.52. The van der Waals surface area contributed by atoms with Crippen LogP contribution in [0.4, 0.5) is 5.69 Å². The normalized spacial score (nSPS) is 17.9. The molecular weight excluding hydrogens is 586 g/mol. The number of carboxylic acid groups (broad SMARTS) is 1. The number of anilines is 1. The van der Waals surface area contributed by atoms with Crippen molar-refractivity contribution >= 4 is 41.2 Å². The van der Waals surface area contributed by atoms with Crippen LogP contribution >= 0.6 is 0 Å². The van der Waals surface area contributed by atoms with Crippen molar-refractivity contribution in [3.8, 4) is 0 Å². The number of piperidine rings is 1. The van der Waals surface area contributed by atoms with Gasteiger partial charge >= 0.3 is 17.9 Å². The molecule has 0 radical (unpaired) electrons. The molecule has 1 aromatic carbocycles. The molecule has 1 aromatic rings. The number of hydrogen-bond acceptors (Lipinski definition) is 10. The SMILES string of the molecule is C=CC(=O)OCC(C)(C)C(=O)C(=O)N1CCCCC1C(=O)O[C@H](CCN1CCOCC1)c1cccc(NC(=O)CCC(=O)O)c1. The Hall–Kier alpha value is -4.10. The molecule has 1 unspecified atom stereocenters. The van der Waals surface area contributed by atoms with E-state index in [2.05, 4.69) is 16.8 Å². The first kappa shape index (κ1) is 35.4. The molecular formula is C32H43N3O10. The van der Waals surface area contributed by atoms with Crippen LogP contribution in [0.15, 0.2) is 36.9 Å². The van der Waals surface area contributed by atoms with Crippen LogP contribution in [-0.4, -0.2) is 102 Å². The van der Waals surface area contributed by atoms with Crippen LogP contribution in [0.3, 0.4) is 0 Å². The van der Waals surface area contributed by atoms with E-state index in [1.165, 1.54) is 18.7 Å². The van der Waals surface area contributed by atoms with Gasteiger partial charge in [0.1, 0.15) is 18.8 Å². The summed E-state index contributed by atoms with van der Waals surface area (Å²) in [6.45, 7) is 9.44. The zero-order valence-electron chi connectivity index (χ0n) is 26.0. The van der Waals surface area contributed by atoms with Crippen molar-refractivity contribution in [2.24, 2.45) is 5.41 Å². The second-order valence-electron chi connectivity index (χ2n) is 11.8. The highest BCUT2D eigenvalue weighted by molar-refractivity contribution is 6.38. The molecule has 13 heteroatoms. The number of esters is 2. The van der Waals surface area contributed by atoms with Crippen molar-refractivity contribution < 1.29 is 48.1 Å². The van der Waals surface area contributed by atoms with Gasteiger partial charge in [0.2, 0.25) is 11.7 Å². The van der Waals surface area contributed by atoms with Gasteiger partial charge in [-0.05, 0) is 50.8 Å². The van der Waals surface area contributed by atoms with E-state index < -0.39 is 53.1 Å². The molecule has 0 aliphatic carbocycles. The van der Waals surface area contributed by atoms with Gasteiger partial charge in [-0.3, -0.25) is 24.1 Å². The van der Waals surface area contributed by atoms with E-state index in [1.54, 1.807) is 24.3 Å². The van der Waals surface area contributed by atoms with Gasteiger partial charge in [-0.2, -0.15) is 0 Å². The first-order valence-corrected chi connectivity index (χ1v) is 15.2. The number of nitrogens with zero attached hydrogens (tertiary/aromatic N) is 2. The average molecular weight is 630 g/mol. The molecule has 2 saturated heterocycles. The highest BCUT2D eigenvalue weighted by atomic mass is 16.5. The number of carbonyl (C=O) groups excluding carboxylic acids is 5. The summed E-state index contributed by atoms with van der Waals surface area (Å²) in [4.78, 5) is 78.4. The molecule has 0 spiro atoms. The predicted molar refractivity (Wildman–Crippen MR) is 162 cm³/mol. The Morgan fingerprint density at radius 3 is 2.53 bits per heavy atom. The van der Waals surface area contributed by atoms with Crippen molar-refractivity contribution in [3.63, 3.8) is 0 Å². The van der Waals surface area contributed by atoms with Gasteiger partial charge in [0.25, 0.3) is 5.91 Å². The number of aliphatic carboxylic acids is 1. The number of ketones is 1. The number of morpholine rings is 1. The standard InChI is InChI=1S/C32H43N3O10/c1-4-28(39)44-21-32(2,3)29(40)30(41)35-14-6-5-10-24(35)31(42)45-25(13-15-34-16-18-43-19-17-34)22-8-7-9-23(20-22)33-26(36)11-12-27(37)38/h4,7-9,20,24-25H,1,5-6,10-19,21H2,2-3H3,(H,33,36)(H,37,38)/t24?,25-/m1/s1. The molecule has 45 heavy (non-hydrogen) atoms. The lowest BCUT2D eigenvalue weighted by atomic mass is 9.87. The van der Waals surface area contributed by atoms with E-state index in [0.717, 1.165) is 19.2 Å². The summed E-state index contributed by atoms with van der Waals surface area (Å²) in [6.07, 6.45) is 1.75. The van der Waals surface area contributed by atoms with Crippen LogP contribution in [-0.2, 0) is 43.0 Å². The van der Waals surface area contributed by atoms with Gasteiger partial charge in [-0.15, -0.1) is 0 Å². The number of ether oxygens (including phenoxy) is 3. The van der Waals surface area contributed by atoms with E-state index in [0.29, 0.717) is 56.7 Å². The van der Waals surface area contributed by atoms with Crippen molar-refractivity contribution in [2.75, 3.05) is 51.3 Å². The third kappa shape index (κ3) is 10.8. The largest absolute Gasteiger partial charge is 0.481 e. The fourth-order valence-electron chi connectivity index (χ4n) is 5.11. The minimum Gasteiger partial charge on any atom is -0.481 e. The maximum absolute atomic E-state index is 13.7. The summed E-state index contributed by atoms with van der Waals surface area (Å²) in [7, 11) is 0. The highest BCUT2D eigenvalue weighted by Crippen LogP contribution is 2.29. The Morgan fingerprint density at radius 1 is 1.11 bits per heavy atom. The molecule has 2 fully saturated rings. The van der Waals surface area contributed by atoms with Crippen LogP contribution in [0.5, 0.6) is 0 Å². The minimum absolute atomic E-state index is 0.188. The Balaban J connectivity index is 1.78. The first-order chi connectivity index (χ1) is 21.4. The van der Waals surface area contributed by atoms with Gasteiger partial charge in [0, 0.05) is 50.8 Å². The molecule has 2 atom stereocenters. The Bertz CT molecular complexity index is 1260. The third-order valence-electron chi connectivity index (χ3n) is 7.76. The van der Waals surface area contributed by atoms with Crippen LogP contribution in [0, 0.1) is 5.41 Å². The lowest BCUT2D eigenvalue weighted by molar-refractivity contribution is -0.165. The molecule has 2 aliphatic heterocycles. The Kier molecular flexibility index (Phi) is 13.2. The van der Waals surface area contributed by atoms with E-state index in [1.807, 2.05) is 0 Å². The van der Waals surface area contributed by atoms with Crippen molar-refractivity contribution in [1.82, 2.24) is 9.80 Å². The number of rotatable bonds is 15. The van der Waals surface area contributed by atoms with Crippen LogP contribution < -0.4 is 5.32 Å². The van der Waals surface area contributed by atoms with Gasteiger partial charge in [0.05, 0.1) is 25.0 Å². The van der Waals surface area contributed by atoms with E-state index in [-0.39, 0.29) is 26.0 Å². The minimum atomic E-state index is -1.32. The monoisotopic (exact) mass is 629 g/mol. The molecule has 0 saturated carbocycles. The smallest absolute Gasteiger partial charge is 0.330 e. The Morgan fingerprint density at radius 2 is 1.84 bits per heavy atom.